The summed E-state index contributed by atoms with van der Waals surface area (Å²) >= 11 is 6.13. The normalized spacial score (nSPS) is 13.7. The Morgan fingerprint density at radius 3 is 2.67 bits per heavy atom. The average Bonchev–Trinajstić information content (AvgIpc) is 3.35. The number of nitrogens with zero attached hydrogens (tertiary/aromatic N) is 5. The number of anilines is 2. The van der Waals surface area contributed by atoms with Gasteiger partial charge in [0.25, 0.3) is 0 Å². The molecule has 3 aromatic rings. The molecule has 1 aliphatic heterocycles. The van der Waals surface area contributed by atoms with Crippen LogP contribution < -0.4 is 10.2 Å². The largest absolute Gasteiger partial charge is 0.370 e. The zero-order valence-electron chi connectivity index (χ0n) is 14.7. The van der Waals surface area contributed by atoms with Gasteiger partial charge in [-0.1, -0.05) is 41.9 Å². The molecule has 1 saturated heterocycles. The van der Waals surface area contributed by atoms with Crippen LogP contribution in [0.4, 0.5) is 11.4 Å². The van der Waals surface area contributed by atoms with Crippen molar-refractivity contribution >= 4 is 28.9 Å². The van der Waals surface area contributed by atoms with E-state index in [4.69, 9.17) is 11.6 Å². The molecule has 4 rings (SSSR count). The molecule has 1 aromatic heterocycles. The number of halogens is 1. The van der Waals surface area contributed by atoms with E-state index in [-0.39, 0.29) is 12.5 Å². The maximum Gasteiger partial charge on any atom is 0.248 e. The SMILES string of the molecule is O=C(Cn1nnc(-c2ccccc2)n1)Nc1cc(Cl)ccc1N1CCCC1. The zero-order valence-corrected chi connectivity index (χ0v) is 15.4. The minimum absolute atomic E-state index is 0.0220. The van der Waals surface area contributed by atoms with Crippen LogP contribution in [0, 0.1) is 0 Å². The number of tetrazole rings is 1. The molecule has 1 N–H and O–H groups in total. The van der Waals surface area contributed by atoms with Gasteiger partial charge in [-0.3, -0.25) is 4.79 Å². The smallest absolute Gasteiger partial charge is 0.248 e. The number of hydrogen-bond donors (Lipinski definition) is 1. The molecule has 0 unspecified atom stereocenters. The van der Waals surface area contributed by atoms with Crippen LogP contribution in [-0.4, -0.2) is 39.2 Å². The van der Waals surface area contributed by atoms with E-state index in [2.05, 4.69) is 25.6 Å². The molecule has 0 atom stereocenters. The molecule has 138 valence electrons. The summed E-state index contributed by atoms with van der Waals surface area (Å²) in [4.78, 5) is 16.1. The molecule has 0 saturated carbocycles. The predicted molar refractivity (Wildman–Crippen MR) is 105 cm³/mol. The zero-order chi connectivity index (χ0) is 18.6. The Labute approximate surface area is 161 Å². The van der Waals surface area contributed by atoms with Gasteiger partial charge >= 0.3 is 0 Å². The summed E-state index contributed by atoms with van der Waals surface area (Å²) in [5.41, 5.74) is 2.55. The maximum atomic E-state index is 12.5. The number of carbonyl (C=O) groups is 1. The van der Waals surface area contributed by atoms with E-state index >= 15 is 0 Å². The molecular weight excluding hydrogens is 364 g/mol. The minimum atomic E-state index is -0.227. The molecular formula is C19H19ClN6O. The number of amides is 1. The topological polar surface area (TPSA) is 75.9 Å². The van der Waals surface area contributed by atoms with Gasteiger partial charge in [0, 0.05) is 23.7 Å². The van der Waals surface area contributed by atoms with Gasteiger partial charge in [0.1, 0.15) is 6.54 Å². The number of rotatable bonds is 5. The van der Waals surface area contributed by atoms with E-state index in [1.807, 2.05) is 42.5 Å². The number of benzene rings is 2. The van der Waals surface area contributed by atoms with Crippen molar-refractivity contribution in [1.29, 1.82) is 0 Å². The fourth-order valence-corrected chi connectivity index (χ4v) is 3.35. The van der Waals surface area contributed by atoms with E-state index in [0.29, 0.717) is 16.5 Å². The molecule has 27 heavy (non-hydrogen) atoms. The third kappa shape index (κ3) is 4.09. The van der Waals surface area contributed by atoms with Crippen molar-refractivity contribution in [1.82, 2.24) is 20.2 Å². The van der Waals surface area contributed by atoms with E-state index in [1.54, 1.807) is 6.07 Å². The van der Waals surface area contributed by atoms with Crippen LogP contribution in [0.3, 0.4) is 0 Å². The van der Waals surface area contributed by atoms with E-state index < -0.39 is 0 Å². The van der Waals surface area contributed by atoms with E-state index in [1.165, 1.54) is 4.80 Å². The molecule has 1 amide bonds. The van der Waals surface area contributed by atoms with Crippen molar-refractivity contribution < 1.29 is 4.79 Å². The molecule has 8 heteroatoms. The molecule has 1 fully saturated rings. The van der Waals surface area contributed by atoms with Crippen LogP contribution in [-0.2, 0) is 11.3 Å². The Kier molecular flexibility index (Phi) is 5.02. The summed E-state index contributed by atoms with van der Waals surface area (Å²) in [6.45, 7) is 1.94. The van der Waals surface area contributed by atoms with Gasteiger partial charge in [0.2, 0.25) is 11.7 Å². The molecule has 0 bridgehead atoms. The van der Waals surface area contributed by atoms with Gasteiger partial charge in [-0.2, -0.15) is 4.80 Å². The maximum absolute atomic E-state index is 12.5. The molecule has 0 radical (unpaired) electrons. The molecule has 0 aliphatic carbocycles. The third-order valence-corrected chi connectivity index (χ3v) is 4.68. The second-order valence-corrected chi connectivity index (χ2v) is 6.85. The lowest BCUT2D eigenvalue weighted by atomic mass is 10.2. The number of carbonyl (C=O) groups excluding carboxylic acids is 1. The first-order chi connectivity index (χ1) is 13.2. The van der Waals surface area contributed by atoms with Crippen molar-refractivity contribution in [3.8, 4) is 11.4 Å². The van der Waals surface area contributed by atoms with Crippen molar-refractivity contribution in [2.45, 2.75) is 19.4 Å². The first-order valence-corrected chi connectivity index (χ1v) is 9.24. The second kappa shape index (κ2) is 7.75. The summed E-state index contributed by atoms with van der Waals surface area (Å²) in [5.74, 6) is 0.263. The van der Waals surface area contributed by atoms with Crippen molar-refractivity contribution in [2.75, 3.05) is 23.3 Å². The number of aromatic nitrogens is 4. The van der Waals surface area contributed by atoms with Gasteiger partial charge < -0.3 is 10.2 Å². The Hall–Kier alpha value is -2.93. The van der Waals surface area contributed by atoms with Crippen LogP contribution in [0.15, 0.2) is 48.5 Å². The fraction of sp³-hybridized carbons (Fsp3) is 0.263. The standard InChI is InChI=1S/C19H19ClN6O/c20-15-8-9-17(25-10-4-5-11-25)16(12-15)21-18(27)13-26-23-19(22-24-26)14-6-2-1-3-7-14/h1-3,6-9,12H,4-5,10-11,13H2,(H,21,27). The Balaban J connectivity index is 1.47. The summed E-state index contributed by atoms with van der Waals surface area (Å²) in [6, 6.07) is 15.1. The summed E-state index contributed by atoms with van der Waals surface area (Å²) in [6.07, 6.45) is 2.31. The minimum Gasteiger partial charge on any atom is -0.370 e. The lowest BCUT2D eigenvalue weighted by molar-refractivity contribution is -0.117. The molecule has 0 spiro atoms. The fourth-order valence-electron chi connectivity index (χ4n) is 3.17. The highest BCUT2D eigenvalue weighted by atomic mass is 35.5. The van der Waals surface area contributed by atoms with Gasteiger partial charge in [0.15, 0.2) is 0 Å². The first kappa shape index (κ1) is 17.5. The second-order valence-electron chi connectivity index (χ2n) is 6.41. The van der Waals surface area contributed by atoms with Gasteiger partial charge in [-0.25, -0.2) is 0 Å². The average molecular weight is 383 g/mol. The summed E-state index contributed by atoms with van der Waals surface area (Å²) < 4.78 is 0. The Bertz CT molecular complexity index is 936. The molecule has 2 heterocycles. The molecule has 7 nitrogen and oxygen atoms in total. The molecule has 1 aliphatic rings. The predicted octanol–water partition coefficient (Wildman–Crippen LogP) is 3.23. The highest BCUT2D eigenvalue weighted by molar-refractivity contribution is 6.31. The third-order valence-electron chi connectivity index (χ3n) is 4.45. The van der Waals surface area contributed by atoms with Crippen molar-refractivity contribution in [3.63, 3.8) is 0 Å². The van der Waals surface area contributed by atoms with Crippen LogP contribution in [0.5, 0.6) is 0 Å². The van der Waals surface area contributed by atoms with Crippen molar-refractivity contribution in [2.24, 2.45) is 0 Å². The van der Waals surface area contributed by atoms with Crippen molar-refractivity contribution in [3.05, 3.63) is 53.6 Å². The highest BCUT2D eigenvalue weighted by Crippen LogP contribution is 2.31. The lowest BCUT2D eigenvalue weighted by Crippen LogP contribution is -2.24. The van der Waals surface area contributed by atoms with Crippen LogP contribution in [0.25, 0.3) is 11.4 Å². The van der Waals surface area contributed by atoms with Crippen LogP contribution in [0.1, 0.15) is 12.8 Å². The van der Waals surface area contributed by atoms with Gasteiger partial charge in [-0.05, 0) is 36.3 Å². The quantitative estimate of drug-likeness (QED) is 0.733. The monoisotopic (exact) mass is 382 g/mol. The Morgan fingerprint density at radius 1 is 1.11 bits per heavy atom. The summed E-state index contributed by atoms with van der Waals surface area (Å²) in [5, 5.41) is 15.8. The Morgan fingerprint density at radius 2 is 1.89 bits per heavy atom. The van der Waals surface area contributed by atoms with Gasteiger partial charge in [0.05, 0.1) is 11.4 Å². The van der Waals surface area contributed by atoms with E-state index in [9.17, 15) is 4.79 Å². The number of hydrogen-bond acceptors (Lipinski definition) is 5. The lowest BCUT2D eigenvalue weighted by Gasteiger charge is -2.21. The first-order valence-electron chi connectivity index (χ1n) is 8.86. The van der Waals surface area contributed by atoms with E-state index in [0.717, 1.165) is 37.2 Å². The highest BCUT2D eigenvalue weighted by Gasteiger charge is 2.18. The molecule has 2 aromatic carbocycles. The van der Waals surface area contributed by atoms with Crippen LogP contribution in [0.2, 0.25) is 5.02 Å². The van der Waals surface area contributed by atoms with Gasteiger partial charge in [-0.15, -0.1) is 10.2 Å². The number of nitrogens with one attached hydrogen (secondary N) is 1. The van der Waals surface area contributed by atoms with Crippen LogP contribution >= 0.6 is 11.6 Å². The summed E-state index contributed by atoms with van der Waals surface area (Å²) in [7, 11) is 0.